The third-order valence-corrected chi connectivity index (χ3v) is 11.2. The van der Waals surface area contributed by atoms with E-state index in [9.17, 15) is 14.4 Å². The number of hydrogen-bond acceptors (Lipinski definition) is 6. The molecule has 0 heterocycles. The van der Waals surface area contributed by atoms with Crippen LogP contribution in [0.2, 0.25) is 0 Å². The summed E-state index contributed by atoms with van der Waals surface area (Å²) in [5.74, 6) is -0.898. The molecule has 1 atom stereocenters. The number of carbonyl (C=O) groups excluding carboxylic acids is 3. The highest BCUT2D eigenvalue weighted by Gasteiger charge is 2.19. The van der Waals surface area contributed by atoms with Crippen molar-refractivity contribution in [2.24, 2.45) is 0 Å². The van der Waals surface area contributed by atoms with Crippen molar-refractivity contribution in [2.45, 2.75) is 258 Å². The van der Waals surface area contributed by atoms with Gasteiger partial charge in [-0.25, -0.2) is 0 Å². The number of allylic oxidation sites excluding steroid dienone is 12. The molecule has 0 aliphatic heterocycles. The summed E-state index contributed by atoms with van der Waals surface area (Å²) in [7, 11) is 0. The van der Waals surface area contributed by atoms with E-state index < -0.39 is 6.10 Å². The van der Waals surface area contributed by atoms with Gasteiger partial charge in [0.05, 0.1) is 0 Å². The first-order valence-corrected chi connectivity index (χ1v) is 26.4. The summed E-state index contributed by atoms with van der Waals surface area (Å²) in [6.45, 7) is 6.40. The molecule has 0 saturated heterocycles. The monoisotopic (exact) mass is 879 g/mol. The molecule has 0 aliphatic rings. The van der Waals surface area contributed by atoms with E-state index >= 15 is 0 Å². The van der Waals surface area contributed by atoms with Crippen molar-refractivity contribution < 1.29 is 28.6 Å². The van der Waals surface area contributed by atoms with Gasteiger partial charge in [-0.2, -0.15) is 0 Å². The minimum absolute atomic E-state index is 0.0812. The van der Waals surface area contributed by atoms with Gasteiger partial charge in [0.1, 0.15) is 13.2 Å². The Kier molecular flexibility index (Phi) is 48.9. The molecular formula is C57H98O6. The van der Waals surface area contributed by atoms with Gasteiger partial charge in [-0.1, -0.05) is 222 Å². The molecule has 0 saturated carbocycles. The molecule has 0 aromatic rings. The van der Waals surface area contributed by atoms with E-state index in [1.54, 1.807) is 0 Å². The van der Waals surface area contributed by atoms with Crippen LogP contribution in [0.15, 0.2) is 72.9 Å². The second kappa shape index (κ2) is 51.5. The standard InChI is InChI=1S/C57H98O6/c1-4-7-10-13-16-19-22-24-26-28-30-32-35-38-41-44-47-50-56(59)62-53-54(52-61-55(58)49-46-43-40-37-34-21-18-15-12-9-6-3)63-57(60)51-48-45-42-39-36-33-31-29-27-25-23-20-17-14-11-8-5-2/h7-8,10-11,16-17,19-20,24-27,54H,4-6,9,12-15,18,21-23,28-53H2,1-3H3/b10-7-,11-8-,19-16-,20-17-,26-24-,27-25-. The predicted octanol–water partition coefficient (Wildman–Crippen LogP) is 17.4. The topological polar surface area (TPSA) is 78.9 Å². The maximum Gasteiger partial charge on any atom is 0.306 e. The van der Waals surface area contributed by atoms with Crippen molar-refractivity contribution in [2.75, 3.05) is 13.2 Å². The van der Waals surface area contributed by atoms with E-state index in [-0.39, 0.29) is 31.1 Å². The normalized spacial score (nSPS) is 12.6. The van der Waals surface area contributed by atoms with Gasteiger partial charge < -0.3 is 14.2 Å². The minimum atomic E-state index is -0.782. The number of carbonyl (C=O) groups is 3. The zero-order valence-corrected chi connectivity index (χ0v) is 41.3. The lowest BCUT2D eigenvalue weighted by Crippen LogP contribution is -2.30. The molecule has 362 valence electrons. The van der Waals surface area contributed by atoms with Gasteiger partial charge >= 0.3 is 17.9 Å². The number of hydrogen-bond donors (Lipinski definition) is 0. The molecule has 0 bridgehead atoms. The highest BCUT2D eigenvalue weighted by atomic mass is 16.6. The van der Waals surface area contributed by atoms with Crippen LogP contribution in [0.5, 0.6) is 0 Å². The summed E-state index contributed by atoms with van der Waals surface area (Å²) in [6, 6.07) is 0. The van der Waals surface area contributed by atoms with Gasteiger partial charge in [-0.3, -0.25) is 14.4 Å². The fourth-order valence-corrected chi connectivity index (χ4v) is 7.29. The van der Waals surface area contributed by atoms with Gasteiger partial charge in [-0.05, 0) is 83.5 Å². The van der Waals surface area contributed by atoms with Crippen LogP contribution in [-0.4, -0.2) is 37.2 Å². The number of ether oxygens (including phenoxy) is 3. The van der Waals surface area contributed by atoms with Gasteiger partial charge in [0.2, 0.25) is 0 Å². The fourth-order valence-electron chi connectivity index (χ4n) is 7.29. The number of esters is 3. The van der Waals surface area contributed by atoms with Gasteiger partial charge in [-0.15, -0.1) is 0 Å². The highest BCUT2D eigenvalue weighted by molar-refractivity contribution is 5.71. The molecular weight excluding hydrogens is 781 g/mol. The molecule has 0 fully saturated rings. The Balaban J connectivity index is 4.38. The first-order valence-electron chi connectivity index (χ1n) is 26.4. The molecule has 0 rings (SSSR count). The third-order valence-electron chi connectivity index (χ3n) is 11.2. The lowest BCUT2D eigenvalue weighted by Gasteiger charge is -2.18. The largest absolute Gasteiger partial charge is 0.462 e. The third kappa shape index (κ3) is 49.7. The van der Waals surface area contributed by atoms with Crippen molar-refractivity contribution in [1.82, 2.24) is 0 Å². The molecule has 0 aromatic carbocycles. The Bertz CT molecular complexity index is 1190. The molecule has 0 aliphatic carbocycles. The van der Waals surface area contributed by atoms with E-state index in [0.29, 0.717) is 19.3 Å². The van der Waals surface area contributed by atoms with E-state index in [0.717, 1.165) is 109 Å². The molecule has 0 amide bonds. The molecule has 0 spiro atoms. The predicted molar refractivity (Wildman–Crippen MR) is 270 cm³/mol. The Hall–Kier alpha value is -3.15. The second-order valence-corrected chi connectivity index (χ2v) is 17.4. The first-order chi connectivity index (χ1) is 31.0. The van der Waals surface area contributed by atoms with Crippen LogP contribution in [0, 0.1) is 0 Å². The summed E-state index contributed by atoms with van der Waals surface area (Å²) < 4.78 is 16.8. The van der Waals surface area contributed by atoms with E-state index in [1.807, 2.05) is 0 Å². The maximum absolute atomic E-state index is 12.8. The van der Waals surface area contributed by atoms with E-state index in [2.05, 4.69) is 93.7 Å². The molecule has 63 heavy (non-hydrogen) atoms. The highest BCUT2D eigenvalue weighted by Crippen LogP contribution is 2.15. The molecule has 6 heteroatoms. The summed E-state index contributed by atoms with van der Waals surface area (Å²) in [4.78, 5) is 38.0. The van der Waals surface area contributed by atoms with Crippen LogP contribution in [0.1, 0.15) is 252 Å². The average molecular weight is 879 g/mol. The summed E-state index contributed by atoms with van der Waals surface area (Å²) in [5, 5.41) is 0. The van der Waals surface area contributed by atoms with Crippen LogP contribution >= 0.6 is 0 Å². The summed E-state index contributed by atoms with van der Waals surface area (Å²) in [6.07, 6.45) is 64.5. The minimum Gasteiger partial charge on any atom is -0.462 e. The molecule has 0 aromatic heterocycles. The zero-order chi connectivity index (χ0) is 45.8. The Labute approximate surface area is 389 Å². The number of rotatable bonds is 47. The molecule has 0 N–H and O–H groups in total. The lowest BCUT2D eigenvalue weighted by atomic mass is 10.1. The SMILES string of the molecule is CC/C=C\C/C=C\C/C=C\CCCCCCCCCC(=O)OCC(COC(=O)CCCCCCCCCCCCC)OC(=O)CCCCCCCCC/C=C\C/C=C\C/C=C\CC. The maximum atomic E-state index is 12.8. The van der Waals surface area contributed by atoms with Crippen molar-refractivity contribution >= 4 is 17.9 Å². The van der Waals surface area contributed by atoms with Crippen LogP contribution in [0.4, 0.5) is 0 Å². The van der Waals surface area contributed by atoms with Gasteiger partial charge in [0.25, 0.3) is 0 Å². The first kappa shape index (κ1) is 59.9. The van der Waals surface area contributed by atoms with Crippen LogP contribution in [0.3, 0.4) is 0 Å². The summed E-state index contributed by atoms with van der Waals surface area (Å²) >= 11 is 0. The molecule has 1 unspecified atom stereocenters. The van der Waals surface area contributed by atoms with E-state index in [1.165, 1.54) is 103 Å². The van der Waals surface area contributed by atoms with Gasteiger partial charge in [0.15, 0.2) is 6.10 Å². The summed E-state index contributed by atoms with van der Waals surface area (Å²) in [5.41, 5.74) is 0. The smallest absolute Gasteiger partial charge is 0.306 e. The Morgan fingerprint density at radius 1 is 0.333 bits per heavy atom. The molecule has 0 radical (unpaired) electrons. The Morgan fingerprint density at radius 2 is 0.619 bits per heavy atom. The van der Waals surface area contributed by atoms with Crippen molar-refractivity contribution in [3.8, 4) is 0 Å². The van der Waals surface area contributed by atoms with Crippen LogP contribution in [0.25, 0.3) is 0 Å². The van der Waals surface area contributed by atoms with Crippen molar-refractivity contribution in [1.29, 1.82) is 0 Å². The zero-order valence-electron chi connectivity index (χ0n) is 41.3. The number of unbranched alkanes of at least 4 members (excludes halogenated alkanes) is 24. The average Bonchev–Trinajstić information content (AvgIpc) is 3.28. The van der Waals surface area contributed by atoms with Crippen molar-refractivity contribution in [3.63, 3.8) is 0 Å². The van der Waals surface area contributed by atoms with Crippen LogP contribution < -0.4 is 0 Å². The van der Waals surface area contributed by atoms with Crippen LogP contribution in [-0.2, 0) is 28.6 Å². The van der Waals surface area contributed by atoms with Crippen molar-refractivity contribution in [3.05, 3.63) is 72.9 Å². The second-order valence-electron chi connectivity index (χ2n) is 17.4. The lowest BCUT2D eigenvalue weighted by molar-refractivity contribution is -0.167. The quantitative estimate of drug-likeness (QED) is 0.0262. The fraction of sp³-hybridized carbons (Fsp3) is 0.737. The van der Waals surface area contributed by atoms with Gasteiger partial charge in [0, 0.05) is 19.3 Å². The van der Waals surface area contributed by atoms with E-state index in [4.69, 9.17) is 14.2 Å². The Morgan fingerprint density at radius 3 is 0.968 bits per heavy atom. The molecule has 6 nitrogen and oxygen atoms in total.